The van der Waals surface area contributed by atoms with Crippen LogP contribution in [0.5, 0.6) is 5.75 Å². The maximum atomic E-state index is 11.1. The molecule has 2 amide bonds. The Morgan fingerprint density at radius 2 is 1.94 bits per heavy atom. The third-order valence-electron chi connectivity index (χ3n) is 2.17. The third kappa shape index (κ3) is 2.08. The number of nitrogens with one attached hydrogen (secondary N) is 1. The molecule has 0 spiro atoms. The molecule has 1 aliphatic rings. The topological polar surface area (TPSA) is 67.8 Å². The van der Waals surface area contributed by atoms with E-state index < -0.39 is 5.91 Å². The van der Waals surface area contributed by atoms with Crippen LogP contribution in [-0.4, -0.2) is 24.8 Å². The van der Waals surface area contributed by atoms with Crippen molar-refractivity contribution < 1.29 is 14.3 Å². The van der Waals surface area contributed by atoms with Gasteiger partial charge in [-0.05, 0) is 24.3 Å². The van der Waals surface area contributed by atoms with Crippen LogP contribution in [0.2, 0.25) is 0 Å². The first-order chi connectivity index (χ1) is 7.69. The summed E-state index contributed by atoms with van der Waals surface area (Å²) in [6.07, 6.45) is -0.181. The number of ether oxygens (including phenoxy) is 1. The van der Waals surface area contributed by atoms with Crippen LogP contribution in [0.25, 0.3) is 0 Å². The van der Waals surface area contributed by atoms with Gasteiger partial charge in [0.2, 0.25) is 5.91 Å². The van der Waals surface area contributed by atoms with Crippen molar-refractivity contribution in [1.82, 2.24) is 5.32 Å². The summed E-state index contributed by atoms with van der Waals surface area (Å²) in [5.41, 5.74) is 0.683. The van der Waals surface area contributed by atoms with Crippen LogP contribution >= 0.6 is 0 Å². The number of hydrogen-bond acceptors (Lipinski definition) is 3. The van der Waals surface area contributed by atoms with Crippen molar-refractivity contribution in [1.29, 1.82) is 0 Å². The van der Waals surface area contributed by atoms with Crippen molar-refractivity contribution in [2.24, 2.45) is 4.99 Å². The molecule has 1 N–H and O–H groups in total. The fraction of sp³-hybridized carbons (Fsp3) is 0.182. The molecule has 0 aliphatic carbocycles. The minimum atomic E-state index is -0.422. The number of amidine groups is 1. The van der Waals surface area contributed by atoms with E-state index in [9.17, 15) is 9.59 Å². The normalized spacial score (nSPS) is 15.4. The molecule has 0 unspecified atom stereocenters. The molecule has 0 fully saturated rings. The van der Waals surface area contributed by atoms with Gasteiger partial charge in [-0.15, -0.1) is 0 Å². The van der Waals surface area contributed by atoms with E-state index in [4.69, 9.17) is 4.74 Å². The molecule has 1 aromatic rings. The van der Waals surface area contributed by atoms with Crippen LogP contribution in [0.4, 0.5) is 0 Å². The lowest BCUT2D eigenvalue weighted by Gasteiger charge is -2.12. The number of amides is 2. The highest BCUT2D eigenvalue weighted by Crippen LogP contribution is 2.12. The predicted octanol–water partition coefficient (Wildman–Crippen LogP) is 0.488. The Morgan fingerprint density at radius 3 is 2.50 bits per heavy atom. The molecule has 1 aromatic carbocycles. The Labute approximate surface area is 92.1 Å². The van der Waals surface area contributed by atoms with Gasteiger partial charge >= 0.3 is 0 Å². The summed E-state index contributed by atoms with van der Waals surface area (Å²) in [4.78, 5) is 26.0. The highest BCUT2D eigenvalue weighted by Gasteiger charge is 2.19. The number of methoxy groups -OCH3 is 1. The van der Waals surface area contributed by atoms with Gasteiger partial charge in [-0.3, -0.25) is 9.59 Å². The highest BCUT2D eigenvalue weighted by molar-refractivity contribution is 6.19. The van der Waals surface area contributed by atoms with Crippen molar-refractivity contribution >= 4 is 17.6 Å². The summed E-state index contributed by atoms with van der Waals surface area (Å²) in [6, 6.07) is 6.94. The minimum absolute atomic E-state index is 0.181. The Morgan fingerprint density at radius 1 is 1.25 bits per heavy atom. The number of nitrogens with zero attached hydrogens (tertiary/aromatic N) is 1. The Bertz CT molecular complexity index is 463. The van der Waals surface area contributed by atoms with Crippen LogP contribution in [0.3, 0.4) is 0 Å². The van der Waals surface area contributed by atoms with E-state index in [1.807, 2.05) is 0 Å². The van der Waals surface area contributed by atoms with E-state index >= 15 is 0 Å². The minimum Gasteiger partial charge on any atom is -0.497 e. The second kappa shape index (κ2) is 4.14. The van der Waals surface area contributed by atoms with E-state index in [-0.39, 0.29) is 12.3 Å². The molecule has 0 atom stereocenters. The van der Waals surface area contributed by atoms with E-state index in [1.54, 1.807) is 31.4 Å². The average Bonchev–Trinajstić information content (AvgIpc) is 2.28. The second-order valence-electron chi connectivity index (χ2n) is 3.31. The Hall–Kier alpha value is -2.17. The SMILES string of the molecule is COc1ccc(C2=NC(=O)CC(=O)N2)cc1. The zero-order valence-electron chi connectivity index (χ0n) is 8.69. The summed E-state index contributed by atoms with van der Waals surface area (Å²) in [6.45, 7) is 0. The third-order valence-corrected chi connectivity index (χ3v) is 2.17. The molecule has 1 aliphatic heterocycles. The van der Waals surface area contributed by atoms with Gasteiger partial charge in [-0.1, -0.05) is 0 Å². The molecule has 0 saturated carbocycles. The summed E-state index contributed by atoms with van der Waals surface area (Å²) in [5, 5.41) is 2.55. The summed E-state index contributed by atoms with van der Waals surface area (Å²) in [5.74, 6) is 0.252. The first-order valence-electron chi connectivity index (χ1n) is 4.75. The van der Waals surface area contributed by atoms with Crippen LogP contribution in [0.1, 0.15) is 12.0 Å². The van der Waals surface area contributed by atoms with Crippen LogP contribution in [-0.2, 0) is 9.59 Å². The van der Waals surface area contributed by atoms with E-state index in [0.717, 1.165) is 0 Å². The Kier molecular flexibility index (Phi) is 2.68. The van der Waals surface area contributed by atoms with Gasteiger partial charge < -0.3 is 10.1 Å². The molecular formula is C11H10N2O3. The molecule has 2 rings (SSSR count). The Balaban J connectivity index is 2.29. The van der Waals surface area contributed by atoms with Crippen LogP contribution in [0.15, 0.2) is 29.3 Å². The molecule has 0 radical (unpaired) electrons. The summed E-state index contributed by atoms with van der Waals surface area (Å²) >= 11 is 0. The lowest BCUT2D eigenvalue weighted by molar-refractivity contribution is -0.127. The number of rotatable bonds is 2. The predicted molar refractivity (Wildman–Crippen MR) is 57.3 cm³/mol. The molecule has 82 valence electrons. The molecule has 0 bridgehead atoms. The molecule has 5 heteroatoms. The van der Waals surface area contributed by atoms with Crippen molar-refractivity contribution in [3.63, 3.8) is 0 Å². The fourth-order valence-corrected chi connectivity index (χ4v) is 1.39. The van der Waals surface area contributed by atoms with Crippen LogP contribution in [0, 0.1) is 0 Å². The fourth-order valence-electron chi connectivity index (χ4n) is 1.39. The maximum absolute atomic E-state index is 11.1. The molecule has 0 aromatic heterocycles. The quantitative estimate of drug-likeness (QED) is 0.734. The van der Waals surface area contributed by atoms with Gasteiger partial charge in [0, 0.05) is 5.56 Å². The number of aliphatic imine (C=N–C) groups is 1. The first kappa shape index (κ1) is 10.4. The molecular weight excluding hydrogens is 208 g/mol. The first-order valence-corrected chi connectivity index (χ1v) is 4.75. The van der Waals surface area contributed by atoms with Crippen molar-refractivity contribution in [2.75, 3.05) is 7.11 Å². The number of hydrogen-bond donors (Lipinski definition) is 1. The molecule has 16 heavy (non-hydrogen) atoms. The van der Waals surface area contributed by atoms with Gasteiger partial charge in [0.15, 0.2) is 0 Å². The summed E-state index contributed by atoms with van der Waals surface area (Å²) < 4.78 is 5.00. The van der Waals surface area contributed by atoms with Crippen LogP contribution < -0.4 is 10.1 Å². The van der Waals surface area contributed by atoms with Crippen molar-refractivity contribution in [3.8, 4) is 5.75 Å². The number of benzene rings is 1. The molecule has 1 heterocycles. The molecule has 0 saturated heterocycles. The summed E-state index contributed by atoms with van der Waals surface area (Å²) in [7, 11) is 1.57. The smallest absolute Gasteiger partial charge is 0.257 e. The lowest BCUT2D eigenvalue weighted by Crippen LogP contribution is -2.37. The van der Waals surface area contributed by atoms with Gasteiger partial charge in [0.05, 0.1) is 7.11 Å². The largest absolute Gasteiger partial charge is 0.497 e. The van der Waals surface area contributed by atoms with Crippen molar-refractivity contribution in [2.45, 2.75) is 6.42 Å². The zero-order valence-corrected chi connectivity index (χ0v) is 8.69. The number of carbonyl (C=O) groups is 2. The second-order valence-corrected chi connectivity index (χ2v) is 3.31. The zero-order chi connectivity index (χ0) is 11.5. The van der Waals surface area contributed by atoms with E-state index in [0.29, 0.717) is 17.1 Å². The average molecular weight is 218 g/mol. The number of carbonyl (C=O) groups excluding carboxylic acids is 2. The van der Waals surface area contributed by atoms with Gasteiger partial charge in [0.25, 0.3) is 5.91 Å². The lowest BCUT2D eigenvalue weighted by atomic mass is 10.1. The van der Waals surface area contributed by atoms with Crippen molar-refractivity contribution in [3.05, 3.63) is 29.8 Å². The van der Waals surface area contributed by atoms with Gasteiger partial charge in [-0.2, -0.15) is 4.99 Å². The van der Waals surface area contributed by atoms with E-state index in [1.165, 1.54) is 0 Å². The van der Waals surface area contributed by atoms with Gasteiger partial charge in [-0.25, -0.2) is 0 Å². The monoisotopic (exact) mass is 218 g/mol. The van der Waals surface area contributed by atoms with Gasteiger partial charge in [0.1, 0.15) is 18.0 Å². The standard InChI is InChI=1S/C11H10N2O3/c1-16-8-4-2-7(3-5-8)11-12-9(14)6-10(15)13-11/h2-5H,6H2,1H3,(H,12,13,14,15). The maximum Gasteiger partial charge on any atom is 0.257 e. The highest BCUT2D eigenvalue weighted by atomic mass is 16.5. The van der Waals surface area contributed by atoms with E-state index in [2.05, 4.69) is 10.3 Å². The molecule has 5 nitrogen and oxygen atoms in total.